The normalized spacial score (nSPS) is 14.2. The van der Waals surface area contributed by atoms with E-state index in [1.165, 1.54) is 117 Å². The fourth-order valence-corrected chi connectivity index (χ4v) is 6.44. The van der Waals surface area contributed by atoms with Gasteiger partial charge in [0.15, 0.2) is 40.2 Å². The van der Waals surface area contributed by atoms with Crippen LogP contribution in [-0.2, 0) is 36.2 Å². The van der Waals surface area contributed by atoms with Crippen molar-refractivity contribution in [1.82, 2.24) is 9.97 Å². The fourth-order valence-electron chi connectivity index (χ4n) is 6.44. The minimum Gasteiger partial charge on any atom is -0.503 e. The molecule has 4 aromatic rings. The van der Waals surface area contributed by atoms with Gasteiger partial charge in [0, 0.05) is 49.2 Å². The summed E-state index contributed by atoms with van der Waals surface area (Å²) in [5.74, 6) is -7.43. The Morgan fingerprint density at radius 1 is 0.567 bits per heavy atom. The summed E-state index contributed by atoms with van der Waals surface area (Å²) in [6.45, 7) is 12.2. The zero-order valence-electron chi connectivity index (χ0n) is 38.6. The molecule has 4 rings (SSSR count). The molecular weight excluding hydrogens is 895 g/mol. The SMILES string of the molecule is COc1ccnc(C(=O)C[C@@H](C)C(=O)O[C@@H](C)[C@@H](C)c2ccccc2C(F)(F)F)c1O.COc1ccnc(C(=O)C[C@@H](C)C(=O)O[C@@H](C)[C@@H](C)c2ccccc2C(F)(F)F)c1OC(=O)C(C)C. The number of hydrogen-bond acceptors (Lipinski definition) is 13. The summed E-state index contributed by atoms with van der Waals surface area (Å²) in [5, 5.41) is 10.0. The Balaban J connectivity index is 0.000000359. The zero-order chi connectivity index (χ0) is 50.6. The number of rotatable bonds is 18. The van der Waals surface area contributed by atoms with E-state index in [1.54, 1.807) is 13.8 Å². The van der Waals surface area contributed by atoms with Crippen LogP contribution in [0, 0.1) is 17.8 Å². The number of nitrogens with zero attached hydrogens (tertiary/aromatic N) is 2. The molecule has 2 aromatic carbocycles. The Morgan fingerprint density at radius 3 is 1.36 bits per heavy atom. The third kappa shape index (κ3) is 14.7. The van der Waals surface area contributed by atoms with Crippen molar-refractivity contribution in [3.8, 4) is 23.0 Å². The van der Waals surface area contributed by atoms with Gasteiger partial charge in [-0.2, -0.15) is 26.3 Å². The number of hydrogen-bond donors (Lipinski definition) is 1. The number of carbonyl (C=O) groups is 5. The van der Waals surface area contributed by atoms with Crippen molar-refractivity contribution in [2.24, 2.45) is 17.8 Å². The summed E-state index contributed by atoms with van der Waals surface area (Å²) >= 11 is 0. The number of benzene rings is 2. The number of Topliss-reactive ketones (excluding diaryl/α,β-unsaturated/α-hetero) is 2. The number of aromatic hydroxyl groups is 1. The highest BCUT2D eigenvalue weighted by Crippen LogP contribution is 2.39. The van der Waals surface area contributed by atoms with Crippen molar-refractivity contribution in [3.05, 3.63) is 107 Å². The molecule has 13 nitrogen and oxygen atoms in total. The summed E-state index contributed by atoms with van der Waals surface area (Å²) in [5.41, 5.74) is -1.97. The molecule has 6 atom stereocenters. The van der Waals surface area contributed by atoms with Gasteiger partial charge in [0.25, 0.3) is 0 Å². The van der Waals surface area contributed by atoms with Gasteiger partial charge in [0.2, 0.25) is 5.75 Å². The highest BCUT2D eigenvalue weighted by atomic mass is 19.4. The lowest BCUT2D eigenvalue weighted by Crippen LogP contribution is -2.27. The average Bonchev–Trinajstić information content (AvgIpc) is 3.27. The van der Waals surface area contributed by atoms with Gasteiger partial charge >= 0.3 is 30.3 Å². The number of aromatic nitrogens is 2. The minimum absolute atomic E-state index is 0.00576. The van der Waals surface area contributed by atoms with Crippen molar-refractivity contribution in [1.29, 1.82) is 0 Å². The maximum atomic E-state index is 13.4. The second-order valence-electron chi connectivity index (χ2n) is 16.1. The molecule has 0 saturated carbocycles. The molecule has 364 valence electrons. The Labute approximate surface area is 384 Å². The smallest absolute Gasteiger partial charge is 0.416 e. The standard InChI is InChI=1S/C26H30F3NO6.C22H24F3NO5/c1-14(2)24(32)36-23-21(34-6)11-12-30-22(23)20(31)13-15(3)25(33)35-17(5)16(4)18-9-7-8-10-19(18)26(27,28)29;1-12(11-17(27)19-20(28)18(30-4)9-10-26-19)21(29)31-14(3)13(2)15-7-5-6-8-16(15)22(23,24)25/h7-12,14-17H,13H2,1-6H3;5-10,12-14,28H,11H2,1-4H3/t15-,16-,17+;12-,13-,14+/m11/s1. The van der Waals surface area contributed by atoms with Crippen LogP contribution in [0.5, 0.6) is 23.0 Å². The first-order valence-corrected chi connectivity index (χ1v) is 21.0. The maximum absolute atomic E-state index is 13.4. The molecule has 1 N–H and O–H groups in total. The predicted molar refractivity (Wildman–Crippen MR) is 231 cm³/mol. The molecule has 19 heteroatoms. The Hall–Kier alpha value is -6.53. The number of alkyl halides is 6. The van der Waals surface area contributed by atoms with Gasteiger partial charge in [0.05, 0.1) is 43.1 Å². The lowest BCUT2D eigenvalue weighted by atomic mass is 9.91. The molecule has 0 unspecified atom stereocenters. The van der Waals surface area contributed by atoms with E-state index in [0.29, 0.717) is 0 Å². The molecule has 0 saturated heterocycles. The van der Waals surface area contributed by atoms with Crippen molar-refractivity contribution < 1.29 is 79.1 Å². The predicted octanol–water partition coefficient (Wildman–Crippen LogP) is 10.4. The third-order valence-electron chi connectivity index (χ3n) is 10.7. The average molecular weight is 949 g/mol. The van der Waals surface area contributed by atoms with E-state index in [1.807, 2.05) is 0 Å². The highest BCUT2D eigenvalue weighted by molar-refractivity contribution is 6.00. The third-order valence-corrected chi connectivity index (χ3v) is 10.7. The first kappa shape index (κ1) is 54.8. The van der Waals surface area contributed by atoms with Crippen molar-refractivity contribution in [2.75, 3.05) is 14.2 Å². The highest BCUT2D eigenvalue weighted by Gasteiger charge is 2.38. The van der Waals surface area contributed by atoms with Gasteiger partial charge in [-0.05, 0) is 37.1 Å². The van der Waals surface area contributed by atoms with Gasteiger partial charge < -0.3 is 28.8 Å². The molecule has 0 radical (unpaired) electrons. The largest absolute Gasteiger partial charge is 0.503 e. The van der Waals surface area contributed by atoms with E-state index in [9.17, 15) is 55.4 Å². The van der Waals surface area contributed by atoms with Gasteiger partial charge in [-0.25, -0.2) is 9.97 Å². The lowest BCUT2D eigenvalue weighted by molar-refractivity contribution is -0.154. The van der Waals surface area contributed by atoms with Crippen LogP contribution in [0.3, 0.4) is 0 Å². The second-order valence-corrected chi connectivity index (χ2v) is 16.1. The molecule has 0 bridgehead atoms. The molecule has 0 amide bonds. The molecule has 0 spiro atoms. The molecular formula is C48H54F6N2O11. The first-order chi connectivity index (χ1) is 31.2. The molecule has 2 heterocycles. The fraction of sp³-hybridized carbons (Fsp3) is 0.438. The van der Waals surface area contributed by atoms with E-state index < -0.39 is 101 Å². The monoisotopic (exact) mass is 948 g/mol. The van der Waals surface area contributed by atoms with Gasteiger partial charge in [-0.15, -0.1) is 0 Å². The number of ketones is 2. The number of methoxy groups -OCH3 is 2. The van der Waals surface area contributed by atoms with Crippen molar-refractivity contribution >= 4 is 29.5 Å². The van der Waals surface area contributed by atoms with Crippen LogP contribution >= 0.6 is 0 Å². The van der Waals surface area contributed by atoms with Crippen LogP contribution in [0.15, 0.2) is 73.1 Å². The lowest BCUT2D eigenvalue weighted by Gasteiger charge is -2.25. The summed E-state index contributed by atoms with van der Waals surface area (Å²) in [6, 6.07) is 13.0. The number of halogens is 6. The summed E-state index contributed by atoms with van der Waals surface area (Å²) < 4.78 is 106. The molecule has 0 fully saturated rings. The van der Waals surface area contributed by atoms with Crippen LogP contribution < -0.4 is 14.2 Å². The Morgan fingerprint density at radius 2 is 0.955 bits per heavy atom. The minimum atomic E-state index is -4.55. The van der Waals surface area contributed by atoms with Gasteiger partial charge in [-0.3, -0.25) is 24.0 Å². The van der Waals surface area contributed by atoms with E-state index >= 15 is 0 Å². The second kappa shape index (κ2) is 23.8. The number of esters is 3. The first-order valence-electron chi connectivity index (χ1n) is 21.0. The van der Waals surface area contributed by atoms with E-state index in [0.717, 1.165) is 12.1 Å². The quantitative estimate of drug-likeness (QED) is 0.0567. The van der Waals surface area contributed by atoms with Crippen LogP contribution in [0.2, 0.25) is 0 Å². The van der Waals surface area contributed by atoms with Crippen LogP contribution in [-0.4, -0.2) is 71.0 Å². The topological polar surface area (TPSA) is 178 Å². The Kier molecular flexibility index (Phi) is 19.4. The molecule has 2 aromatic heterocycles. The van der Waals surface area contributed by atoms with E-state index in [4.69, 9.17) is 23.7 Å². The zero-order valence-corrected chi connectivity index (χ0v) is 38.6. The van der Waals surface area contributed by atoms with E-state index in [2.05, 4.69) is 9.97 Å². The summed E-state index contributed by atoms with van der Waals surface area (Å²) in [6.07, 6.45) is -8.86. The van der Waals surface area contributed by atoms with Crippen molar-refractivity contribution in [2.45, 2.75) is 105 Å². The van der Waals surface area contributed by atoms with Crippen LogP contribution in [0.25, 0.3) is 0 Å². The number of pyridine rings is 2. The molecule has 67 heavy (non-hydrogen) atoms. The molecule has 0 aliphatic heterocycles. The molecule has 0 aliphatic rings. The Bertz CT molecular complexity index is 2370. The summed E-state index contributed by atoms with van der Waals surface area (Å²) in [4.78, 5) is 70.5. The number of carbonyl (C=O) groups excluding carboxylic acids is 5. The summed E-state index contributed by atoms with van der Waals surface area (Å²) in [7, 11) is 2.67. The van der Waals surface area contributed by atoms with Crippen LogP contribution in [0.1, 0.15) is 123 Å². The van der Waals surface area contributed by atoms with Gasteiger partial charge in [-0.1, -0.05) is 77.9 Å². The number of ether oxygens (including phenoxy) is 5. The maximum Gasteiger partial charge on any atom is 0.416 e. The van der Waals surface area contributed by atoms with Gasteiger partial charge in [0.1, 0.15) is 12.2 Å². The van der Waals surface area contributed by atoms with E-state index in [-0.39, 0.29) is 52.6 Å². The van der Waals surface area contributed by atoms with Crippen LogP contribution in [0.4, 0.5) is 26.3 Å². The van der Waals surface area contributed by atoms with Crippen molar-refractivity contribution in [3.63, 3.8) is 0 Å². The molecule has 0 aliphatic carbocycles.